The predicted octanol–water partition coefficient (Wildman–Crippen LogP) is 3.49. The second kappa shape index (κ2) is 8.17. The Labute approximate surface area is 160 Å². The van der Waals surface area contributed by atoms with Crippen LogP contribution in [0.4, 0.5) is 23.2 Å². The summed E-state index contributed by atoms with van der Waals surface area (Å²) in [4.78, 5) is 12.3. The molecule has 0 aliphatic carbocycles. The van der Waals surface area contributed by atoms with Crippen LogP contribution in [-0.4, -0.2) is 27.1 Å². The van der Waals surface area contributed by atoms with Crippen LogP contribution in [0.5, 0.6) is 0 Å². The van der Waals surface area contributed by atoms with Crippen molar-refractivity contribution in [2.45, 2.75) is 19.1 Å². The molecule has 1 N–H and O–H groups in total. The van der Waals surface area contributed by atoms with E-state index in [9.17, 15) is 30.8 Å². The first-order chi connectivity index (χ1) is 12.9. The van der Waals surface area contributed by atoms with E-state index in [-0.39, 0.29) is 5.69 Å². The Morgan fingerprint density at radius 1 is 1.07 bits per heavy atom. The van der Waals surface area contributed by atoms with E-state index in [0.29, 0.717) is 9.87 Å². The van der Waals surface area contributed by atoms with Gasteiger partial charge in [-0.2, -0.15) is 13.2 Å². The molecule has 0 fully saturated rings. The molecule has 0 aliphatic heterocycles. The van der Waals surface area contributed by atoms with E-state index in [2.05, 4.69) is 5.32 Å². The van der Waals surface area contributed by atoms with Crippen molar-refractivity contribution < 1.29 is 30.8 Å². The van der Waals surface area contributed by atoms with Crippen molar-refractivity contribution in [3.8, 4) is 0 Å². The molecule has 0 aromatic heterocycles. The predicted molar refractivity (Wildman–Crippen MR) is 96.6 cm³/mol. The van der Waals surface area contributed by atoms with Gasteiger partial charge in [0.2, 0.25) is 15.9 Å². The lowest BCUT2D eigenvalue weighted by Crippen LogP contribution is -2.41. The fraction of sp³-hybridized carbons (Fsp3) is 0.278. The topological polar surface area (TPSA) is 66.5 Å². The first kappa shape index (κ1) is 21.7. The smallest absolute Gasteiger partial charge is 0.348 e. The highest BCUT2D eigenvalue weighted by molar-refractivity contribution is 7.92. The normalized spacial score (nSPS) is 13.1. The minimum atomic E-state index is -4.56. The molecule has 1 amide bonds. The number of alkyl halides is 3. The average molecular weight is 418 g/mol. The number of halogens is 4. The maximum atomic E-state index is 13.0. The third-order valence-electron chi connectivity index (χ3n) is 3.92. The zero-order valence-electron chi connectivity index (χ0n) is 15.0. The Bertz CT molecular complexity index is 927. The van der Waals surface area contributed by atoms with Gasteiger partial charge in [0.25, 0.3) is 0 Å². The summed E-state index contributed by atoms with van der Waals surface area (Å²) in [6.07, 6.45) is -3.71. The minimum absolute atomic E-state index is 0.0694. The first-order valence-electron chi connectivity index (χ1n) is 8.08. The van der Waals surface area contributed by atoms with E-state index in [1.165, 1.54) is 24.3 Å². The maximum Gasteiger partial charge on any atom is 0.416 e. The van der Waals surface area contributed by atoms with E-state index in [0.717, 1.165) is 30.5 Å². The Morgan fingerprint density at radius 3 is 2.07 bits per heavy atom. The standard InChI is InChI=1S/C18H18F4N2O3S/c1-12(13-3-7-15(19)8-4-13)23-17(25)11-24(28(2,26)27)16-9-5-14(6-10-16)18(20,21)22/h3-10,12H,11H2,1-2H3,(H,23,25). The number of carbonyl (C=O) groups is 1. The number of amides is 1. The van der Waals surface area contributed by atoms with Crippen LogP contribution in [0.25, 0.3) is 0 Å². The second-order valence-corrected chi connectivity index (χ2v) is 8.06. The summed E-state index contributed by atoms with van der Waals surface area (Å²) >= 11 is 0. The summed E-state index contributed by atoms with van der Waals surface area (Å²) in [6, 6.07) is 8.34. The van der Waals surface area contributed by atoms with Crippen molar-refractivity contribution in [1.29, 1.82) is 0 Å². The van der Waals surface area contributed by atoms with Crippen molar-refractivity contribution in [3.63, 3.8) is 0 Å². The highest BCUT2D eigenvalue weighted by Crippen LogP contribution is 2.31. The molecule has 1 atom stereocenters. The first-order valence-corrected chi connectivity index (χ1v) is 9.92. The van der Waals surface area contributed by atoms with Gasteiger partial charge in [0, 0.05) is 0 Å². The van der Waals surface area contributed by atoms with Crippen LogP contribution >= 0.6 is 0 Å². The number of hydrogen-bond acceptors (Lipinski definition) is 3. The van der Waals surface area contributed by atoms with Gasteiger partial charge < -0.3 is 5.32 Å². The number of benzene rings is 2. The minimum Gasteiger partial charge on any atom is -0.348 e. The number of anilines is 1. The number of hydrogen-bond donors (Lipinski definition) is 1. The molecular weight excluding hydrogens is 400 g/mol. The molecule has 0 spiro atoms. The quantitative estimate of drug-likeness (QED) is 0.731. The summed E-state index contributed by atoms with van der Waals surface area (Å²) in [6.45, 7) is 1.02. The molecule has 2 aromatic carbocycles. The summed E-state index contributed by atoms with van der Waals surface area (Å²) in [7, 11) is -3.93. The molecule has 10 heteroatoms. The lowest BCUT2D eigenvalue weighted by Gasteiger charge is -2.23. The van der Waals surface area contributed by atoms with E-state index in [1.54, 1.807) is 6.92 Å². The van der Waals surface area contributed by atoms with Crippen LogP contribution in [0.15, 0.2) is 48.5 Å². The van der Waals surface area contributed by atoms with Crippen LogP contribution in [-0.2, 0) is 21.0 Å². The van der Waals surface area contributed by atoms with Crippen LogP contribution in [0.1, 0.15) is 24.1 Å². The van der Waals surface area contributed by atoms with Gasteiger partial charge >= 0.3 is 6.18 Å². The largest absolute Gasteiger partial charge is 0.416 e. The van der Waals surface area contributed by atoms with E-state index < -0.39 is 46.1 Å². The highest BCUT2D eigenvalue weighted by Gasteiger charge is 2.31. The molecule has 152 valence electrons. The van der Waals surface area contributed by atoms with Gasteiger partial charge in [-0.25, -0.2) is 12.8 Å². The van der Waals surface area contributed by atoms with Gasteiger partial charge in [-0.15, -0.1) is 0 Å². The fourth-order valence-corrected chi connectivity index (χ4v) is 3.33. The SMILES string of the molecule is CC(NC(=O)CN(c1ccc(C(F)(F)F)cc1)S(C)(=O)=O)c1ccc(F)cc1. The fourth-order valence-electron chi connectivity index (χ4n) is 2.47. The molecule has 0 heterocycles. The molecule has 5 nitrogen and oxygen atoms in total. The summed E-state index contributed by atoms with van der Waals surface area (Å²) < 4.78 is 75.8. The number of sulfonamides is 1. The van der Waals surface area contributed by atoms with Crippen LogP contribution in [0.3, 0.4) is 0 Å². The summed E-state index contributed by atoms with van der Waals surface area (Å²) in [5.74, 6) is -1.10. The number of rotatable bonds is 6. The Hall–Kier alpha value is -2.62. The number of nitrogens with zero attached hydrogens (tertiary/aromatic N) is 1. The Kier molecular flexibility index (Phi) is 6.33. The number of nitrogens with one attached hydrogen (secondary N) is 1. The monoisotopic (exact) mass is 418 g/mol. The molecule has 2 aromatic rings. The zero-order chi connectivity index (χ0) is 21.1. The van der Waals surface area contributed by atoms with Crippen LogP contribution in [0.2, 0.25) is 0 Å². The maximum absolute atomic E-state index is 13.0. The summed E-state index contributed by atoms with van der Waals surface area (Å²) in [5, 5.41) is 2.58. The van der Waals surface area contributed by atoms with Gasteiger partial charge in [0.1, 0.15) is 12.4 Å². The number of carbonyl (C=O) groups excluding carboxylic acids is 1. The van der Waals surface area contributed by atoms with Crippen molar-refractivity contribution in [3.05, 3.63) is 65.5 Å². The van der Waals surface area contributed by atoms with Crippen LogP contribution < -0.4 is 9.62 Å². The molecule has 0 bridgehead atoms. The molecule has 0 saturated heterocycles. The van der Waals surface area contributed by atoms with Crippen molar-refractivity contribution in [2.24, 2.45) is 0 Å². The van der Waals surface area contributed by atoms with Gasteiger partial charge in [0.15, 0.2) is 0 Å². The highest BCUT2D eigenvalue weighted by atomic mass is 32.2. The van der Waals surface area contributed by atoms with Crippen molar-refractivity contribution >= 4 is 21.6 Å². The van der Waals surface area contributed by atoms with E-state index in [1.807, 2.05) is 0 Å². The van der Waals surface area contributed by atoms with Crippen molar-refractivity contribution in [1.82, 2.24) is 5.32 Å². The zero-order valence-corrected chi connectivity index (χ0v) is 15.8. The lowest BCUT2D eigenvalue weighted by atomic mass is 10.1. The lowest BCUT2D eigenvalue weighted by molar-refractivity contribution is -0.137. The second-order valence-electron chi connectivity index (χ2n) is 6.16. The van der Waals surface area contributed by atoms with Gasteiger partial charge in [-0.05, 0) is 48.9 Å². The van der Waals surface area contributed by atoms with E-state index in [4.69, 9.17) is 0 Å². The average Bonchev–Trinajstić information content (AvgIpc) is 2.58. The molecule has 0 saturated carbocycles. The Morgan fingerprint density at radius 2 is 1.61 bits per heavy atom. The van der Waals surface area contributed by atoms with Crippen LogP contribution in [0, 0.1) is 5.82 Å². The van der Waals surface area contributed by atoms with Gasteiger partial charge in [-0.3, -0.25) is 9.10 Å². The third kappa shape index (κ3) is 5.69. The molecule has 2 rings (SSSR count). The molecule has 28 heavy (non-hydrogen) atoms. The summed E-state index contributed by atoms with van der Waals surface area (Å²) in [5.41, 5.74) is -0.394. The van der Waals surface area contributed by atoms with Gasteiger partial charge in [-0.1, -0.05) is 12.1 Å². The molecule has 0 radical (unpaired) electrons. The Balaban J connectivity index is 2.16. The molecular formula is C18H18F4N2O3S. The van der Waals surface area contributed by atoms with Crippen molar-refractivity contribution in [2.75, 3.05) is 17.1 Å². The molecule has 0 aliphatic rings. The molecule has 1 unspecified atom stereocenters. The van der Waals surface area contributed by atoms with E-state index >= 15 is 0 Å². The van der Waals surface area contributed by atoms with Gasteiger partial charge in [0.05, 0.1) is 23.5 Å². The third-order valence-corrected chi connectivity index (χ3v) is 5.06.